The SMILES string of the molecule is COc1cccc(S(=O)(=O)N2C(=O)C(OC(=O)N3CCN(C4CCN(C)CC4)CC3)(c3cccnc3OC)c3cc(Cl)ccc32)c1. The predicted octanol–water partition coefficient (Wildman–Crippen LogP) is 3.58. The number of carbonyl (C=O) groups is 2. The van der Waals surface area contributed by atoms with Gasteiger partial charge in [-0.05, 0) is 75.4 Å². The molecule has 6 rings (SSSR count). The van der Waals surface area contributed by atoms with Crippen LogP contribution < -0.4 is 13.8 Å². The van der Waals surface area contributed by atoms with Gasteiger partial charge in [-0.25, -0.2) is 18.2 Å². The molecule has 14 heteroatoms. The number of hydrogen-bond acceptors (Lipinski definition) is 10. The van der Waals surface area contributed by atoms with Crippen LogP contribution in [-0.2, 0) is 25.2 Å². The van der Waals surface area contributed by atoms with E-state index in [4.69, 9.17) is 25.8 Å². The van der Waals surface area contributed by atoms with Crippen molar-refractivity contribution in [2.45, 2.75) is 29.4 Å². The topological polar surface area (TPSA) is 122 Å². The Hall–Kier alpha value is -3.91. The van der Waals surface area contributed by atoms with Crippen molar-refractivity contribution in [3.05, 3.63) is 76.9 Å². The van der Waals surface area contributed by atoms with E-state index in [9.17, 15) is 18.0 Å². The molecular weight excluding hydrogens is 634 g/mol. The highest BCUT2D eigenvalue weighted by molar-refractivity contribution is 7.93. The van der Waals surface area contributed by atoms with Crippen LogP contribution in [0.3, 0.4) is 0 Å². The van der Waals surface area contributed by atoms with Gasteiger partial charge in [-0.2, -0.15) is 4.31 Å². The predicted molar refractivity (Wildman–Crippen MR) is 171 cm³/mol. The summed E-state index contributed by atoms with van der Waals surface area (Å²) in [5.41, 5.74) is -2.16. The zero-order valence-corrected chi connectivity index (χ0v) is 27.5. The van der Waals surface area contributed by atoms with Crippen molar-refractivity contribution >= 4 is 39.3 Å². The smallest absolute Gasteiger partial charge is 0.411 e. The Bertz CT molecular complexity index is 1740. The minimum absolute atomic E-state index is 0.0111. The molecule has 0 spiro atoms. The number of methoxy groups -OCH3 is 2. The third-order valence-electron chi connectivity index (χ3n) is 8.98. The van der Waals surface area contributed by atoms with Crippen LogP contribution in [0.2, 0.25) is 5.02 Å². The Morgan fingerprint density at radius 2 is 1.67 bits per heavy atom. The molecule has 3 aliphatic rings. The highest BCUT2D eigenvalue weighted by Crippen LogP contribution is 2.52. The van der Waals surface area contributed by atoms with Crippen molar-refractivity contribution in [1.29, 1.82) is 0 Å². The largest absolute Gasteiger partial charge is 0.497 e. The van der Waals surface area contributed by atoms with Crippen LogP contribution in [0.4, 0.5) is 10.5 Å². The third-order valence-corrected chi connectivity index (χ3v) is 10.9. The standard InChI is InChI=1S/C32H36ClN5O7S/c1-35-14-11-23(12-15-35)36-16-18-37(19-17-36)31(40)45-32(26-8-5-13-34-29(26)44-3)27-20-22(33)9-10-28(27)38(30(32)39)46(41,42)25-7-4-6-24(21-25)43-2/h4-10,13,20-21,23H,11-12,14-19H2,1-3H3. The highest BCUT2D eigenvalue weighted by atomic mass is 35.5. The molecule has 0 aliphatic carbocycles. The summed E-state index contributed by atoms with van der Waals surface area (Å²) >= 11 is 6.46. The number of ether oxygens (including phenoxy) is 3. The maximum absolute atomic E-state index is 14.8. The molecule has 3 aromatic rings. The molecule has 2 amide bonds. The summed E-state index contributed by atoms with van der Waals surface area (Å²) in [5.74, 6) is -0.755. The van der Waals surface area contributed by atoms with Crippen LogP contribution in [0, 0.1) is 0 Å². The molecule has 0 N–H and O–H groups in total. The van der Waals surface area contributed by atoms with Gasteiger partial charge in [0.2, 0.25) is 5.88 Å². The number of amides is 2. The van der Waals surface area contributed by atoms with E-state index in [1.807, 2.05) is 0 Å². The van der Waals surface area contributed by atoms with Gasteiger partial charge in [0.15, 0.2) is 0 Å². The molecule has 0 bridgehead atoms. The van der Waals surface area contributed by atoms with Crippen LogP contribution in [-0.4, -0.2) is 107 Å². The van der Waals surface area contributed by atoms with Gasteiger partial charge in [0.05, 0.1) is 30.4 Å². The molecule has 4 heterocycles. The Balaban J connectivity index is 1.40. The summed E-state index contributed by atoms with van der Waals surface area (Å²) in [4.78, 5) is 39.2. The molecule has 244 valence electrons. The molecule has 1 atom stereocenters. The third kappa shape index (κ3) is 5.55. The lowest BCUT2D eigenvalue weighted by molar-refractivity contribution is -0.132. The molecule has 1 aromatic heterocycles. The van der Waals surface area contributed by atoms with Gasteiger partial charge < -0.3 is 24.0 Å². The Kier molecular flexibility index (Phi) is 8.85. The maximum Gasteiger partial charge on any atom is 0.411 e. The Morgan fingerprint density at radius 1 is 0.935 bits per heavy atom. The normalized spacial score (nSPS) is 21.3. The van der Waals surface area contributed by atoms with Crippen molar-refractivity contribution in [3.63, 3.8) is 0 Å². The number of aromatic nitrogens is 1. The zero-order valence-electron chi connectivity index (χ0n) is 25.9. The summed E-state index contributed by atoms with van der Waals surface area (Å²) in [6.45, 7) is 4.13. The van der Waals surface area contributed by atoms with E-state index in [2.05, 4.69) is 21.8 Å². The lowest BCUT2D eigenvalue weighted by atomic mass is 9.87. The van der Waals surface area contributed by atoms with Crippen molar-refractivity contribution in [2.75, 3.05) is 64.8 Å². The number of rotatable bonds is 7. The average Bonchev–Trinajstić information content (AvgIpc) is 3.32. The molecule has 46 heavy (non-hydrogen) atoms. The van der Waals surface area contributed by atoms with Gasteiger partial charge in [0.25, 0.3) is 21.5 Å². The van der Waals surface area contributed by atoms with Crippen LogP contribution in [0.5, 0.6) is 11.6 Å². The first-order valence-electron chi connectivity index (χ1n) is 15.0. The second-order valence-corrected chi connectivity index (χ2v) is 13.8. The fraction of sp³-hybridized carbons (Fsp3) is 0.406. The number of piperidine rings is 1. The van der Waals surface area contributed by atoms with Gasteiger partial charge in [0, 0.05) is 55.1 Å². The van der Waals surface area contributed by atoms with E-state index in [1.165, 1.54) is 62.9 Å². The molecule has 2 fully saturated rings. The van der Waals surface area contributed by atoms with Crippen molar-refractivity contribution < 1.29 is 32.2 Å². The number of anilines is 1. The number of hydrogen-bond donors (Lipinski definition) is 0. The van der Waals surface area contributed by atoms with Crippen LogP contribution in [0.25, 0.3) is 0 Å². The number of pyridine rings is 1. The van der Waals surface area contributed by atoms with E-state index in [0.717, 1.165) is 25.9 Å². The minimum atomic E-state index is -4.55. The summed E-state index contributed by atoms with van der Waals surface area (Å²) < 4.78 is 46.2. The highest BCUT2D eigenvalue weighted by Gasteiger charge is 2.61. The van der Waals surface area contributed by atoms with Gasteiger partial charge in [0.1, 0.15) is 5.75 Å². The molecule has 1 unspecified atom stereocenters. The van der Waals surface area contributed by atoms with Crippen molar-refractivity contribution in [3.8, 4) is 11.6 Å². The van der Waals surface area contributed by atoms with E-state index in [-0.39, 0.29) is 38.4 Å². The molecule has 2 aromatic carbocycles. The number of likely N-dealkylation sites (tertiary alicyclic amines) is 1. The number of fused-ring (bicyclic) bond motifs is 1. The summed E-state index contributed by atoms with van der Waals surface area (Å²) in [6, 6.07) is 13.7. The molecule has 3 aliphatic heterocycles. The zero-order chi connectivity index (χ0) is 32.6. The lowest BCUT2D eigenvalue weighted by Gasteiger charge is -2.42. The summed E-state index contributed by atoms with van der Waals surface area (Å²) in [6.07, 6.45) is 2.82. The quantitative estimate of drug-likeness (QED) is 0.369. The van der Waals surface area contributed by atoms with Gasteiger partial charge >= 0.3 is 6.09 Å². The van der Waals surface area contributed by atoms with E-state index in [0.29, 0.717) is 36.5 Å². The first-order valence-corrected chi connectivity index (χ1v) is 16.9. The minimum Gasteiger partial charge on any atom is -0.497 e. The number of nitrogens with zero attached hydrogens (tertiary/aromatic N) is 5. The van der Waals surface area contributed by atoms with Crippen molar-refractivity contribution in [1.82, 2.24) is 19.7 Å². The van der Waals surface area contributed by atoms with Crippen LogP contribution >= 0.6 is 11.6 Å². The lowest BCUT2D eigenvalue weighted by Crippen LogP contribution is -2.55. The average molecular weight is 670 g/mol. The first-order chi connectivity index (χ1) is 22.1. The molecule has 2 saturated heterocycles. The number of halogens is 1. The van der Waals surface area contributed by atoms with Crippen LogP contribution in [0.1, 0.15) is 24.0 Å². The van der Waals surface area contributed by atoms with Crippen molar-refractivity contribution in [2.24, 2.45) is 0 Å². The Morgan fingerprint density at radius 3 is 2.37 bits per heavy atom. The Labute approximate surface area is 273 Å². The number of sulfonamides is 1. The van der Waals surface area contributed by atoms with E-state index < -0.39 is 27.6 Å². The molecule has 12 nitrogen and oxygen atoms in total. The fourth-order valence-electron chi connectivity index (χ4n) is 6.50. The van der Waals surface area contributed by atoms with Gasteiger partial charge in [-0.1, -0.05) is 17.7 Å². The molecule has 0 radical (unpaired) electrons. The molecule has 0 saturated carbocycles. The summed E-state index contributed by atoms with van der Waals surface area (Å²) in [7, 11) is 0.357. The van der Waals surface area contributed by atoms with E-state index >= 15 is 0 Å². The number of carbonyl (C=O) groups excluding carboxylic acids is 2. The fourth-order valence-corrected chi connectivity index (χ4v) is 8.16. The monoisotopic (exact) mass is 669 g/mol. The number of piperazine rings is 1. The second kappa shape index (κ2) is 12.7. The van der Waals surface area contributed by atoms with Crippen LogP contribution in [0.15, 0.2) is 65.7 Å². The second-order valence-electron chi connectivity index (χ2n) is 11.6. The number of benzene rings is 2. The maximum atomic E-state index is 14.8. The first kappa shape index (κ1) is 32.0. The van der Waals surface area contributed by atoms with Gasteiger partial charge in [-0.15, -0.1) is 0 Å². The summed E-state index contributed by atoms with van der Waals surface area (Å²) in [5, 5.41) is 0.210. The van der Waals surface area contributed by atoms with E-state index in [1.54, 1.807) is 17.0 Å². The molecular formula is C32H36ClN5O7S. The van der Waals surface area contributed by atoms with Gasteiger partial charge in [-0.3, -0.25) is 9.69 Å².